The van der Waals surface area contributed by atoms with Crippen LogP contribution in [0.3, 0.4) is 0 Å². The third-order valence-electron chi connectivity index (χ3n) is 6.63. The summed E-state index contributed by atoms with van der Waals surface area (Å²) in [4.78, 5) is 25.2. The molecule has 0 spiro atoms. The summed E-state index contributed by atoms with van der Waals surface area (Å²) in [6.07, 6.45) is 0.999. The average Bonchev–Trinajstić information content (AvgIpc) is 2.92. The van der Waals surface area contributed by atoms with Crippen molar-refractivity contribution >= 4 is 33.4 Å². The van der Waals surface area contributed by atoms with E-state index in [0.717, 1.165) is 17.5 Å². The van der Waals surface area contributed by atoms with Gasteiger partial charge in [0.2, 0.25) is 10.0 Å². The van der Waals surface area contributed by atoms with Gasteiger partial charge in [0.15, 0.2) is 0 Å². The highest BCUT2D eigenvalue weighted by atomic mass is 35.5. The molecule has 0 unspecified atom stereocenters. The molecule has 0 radical (unpaired) electrons. The number of rotatable bonds is 7. The van der Waals surface area contributed by atoms with Crippen molar-refractivity contribution in [3.63, 3.8) is 0 Å². The Hall–Kier alpha value is -3.40. The first kappa shape index (κ1) is 28.6. The van der Waals surface area contributed by atoms with Gasteiger partial charge in [-0.3, -0.25) is 20.4 Å². The molecule has 8 nitrogen and oxygen atoms in total. The van der Waals surface area contributed by atoms with E-state index in [0.29, 0.717) is 47.9 Å². The highest BCUT2D eigenvalue weighted by molar-refractivity contribution is 7.89. The highest BCUT2D eigenvalue weighted by Gasteiger charge is 2.31. The highest BCUT2D eigenvalue weighted by Crippen LogP contribution is 2.27. The summed E-state index contributed by atoms with van der Waals surface area (Å²) < 4.78 is 33.4. The number of amides is 2. The lowest BCUT2D eigenvalue weighted by molar-refractivity contribution is 0.0846. The van der Waals surface area contributed by atoms with E-state index in [9.17, 15) is 18.0 Å². The molecule has 2 amide bonds. The SMILES string of the molecule is Cc1cc(OCc2ccc(C(=O)NNC(=O)c3ccc(S(=O)(=O)N4C[C@H](C)C[C@H](C)C4)cc3)cc2)ccc1Cl. The molecule has 0 aromatic heterocycles. The number of nitrogens with zero attached hydrogens (tertiary/aromatic N) is 1. The van der Waals surface area contributed by atoms with E-state index in [4.69, 9.17) is 16.3 Å². The van der Waals surface area contributed by atoms with Crippen LogP contribution in [0.5, 0.6) is 5.75 Å². The van der Waals surface area contributed by atoms with Crippen molar-refractivity contribution in [2.75, 3.05) is 13.1 Å². The van der Waals surface area contributed by atoms with Crippen LogP contribution in [0.15, 0.2) is 71.6 Å². The van der Waals surface area contributed by atoms with E-state index in [1.54, 1.807) is 36.4 Å². The molecule has 1 saturated heterocycles. The Morgan fingerprint density at radius 3 is 1.97 bits per heavy atom. The number of halogens is 1. The molecule has 1 aliphatic rings. The van der Waals surface area contributed by atoms with Crippen LogP contribution >= 0.6 is 11.6 Å². The standard InChI is InChI=1S/C29H32ClN3O5S/c1-19-14-20(2)17-33(16-19)39(36,37)26-11-8-24(9-12-26)29(35)32-31-28(34)23-6-4-22(5-7-23)18-38-25-10-13-27(30)21(3)15-25/h4-13,15,19-20H,14,16-18H2,1-3H3,(H,31,34)(H,32,35)/t19-,20+. The first-order chi connectivity index (χ1) is 18.5. The Morgan fingerprint density at radius 2 is 1.44 bits per heavy atom. The molecule has 0 aliphatic carbocycles. The number of benzene rings is 3. The normalized spacial score (nSPS) is 17.8. The molecule has 206 valence electrons. The zero-order chi connectivity index (χ0) is 28.2. The number of hydrogen-bond donors (Lipinski definition) is 2. The minimum absolute atomic E-state index is 0.139. The molecule has 10 heteroatoms. The number of carbonyl (C=O) groups is 2. The lowest BCUT2D eigenvalue weighted by Crippen LogP contribution is -2.42. The maximum atomic E-state index is 13.0. The van der Waals surface area contributed by atoms with Crippen molar-refractivity contribution in [2.24, 2.45) is 11.8 Å². The molecular formula is C29H32ClN3O5S. The lowest BCUT2D eigenvalue weighted by Gasteiger charge is -2.34. The Balaban J connectivity index is 1.29. The number of carbonyl (C=O) groups excluding carboxylic acids is 2. The topological polar surface area (TPSA) is 105 Å². The van der Waals surface area contributed by atoms with Crippen molar-refractivity contribution < 1.29 is 22.7 Å². The summed E-state index contributed by atoms with van der Waals surface area (Å²) in [5.74, 6) is 0.232. The van der Waals surface area contributed by atoms with Gasteiger partial charge in [-0.15, -0.1) is 0 Å². The molecule has 1 fully saturated rings. The first-order valence-corrected chi connectivity index (χ1v) is 14.5. The summed E-state index contributed by atoms with van der Waals surface area (Å²) in [5.41, 5.74) is 7.12. The summed E-state index contributed by atoms with van der Waals surface area (Å²) in [6, 6.07) is 17.9. The predicted octanol–water partition coefficient (Wildman–Crippen LogP) is 4.97. The van der Waals surface area contributed by atoms with E-state index in [1.165, 1.54) is 28.6 Å². The number of aryl methyl sites for hydroxylation is 1. The Morgan fingerprint density at radius 1 is 0.897 bits per heavy atom. The lowest BCUT2D eigenvalue weighted by atomic mass is 9.94. The zero-order valence-electron chi connectivity index (χ0n) is 22.1. The van der Waals surface area contributed by atoms with Gasteiger partial charge in [0.05, 0.1) is 4.90 Å². The van der Waals surface area contributed by atoms with Crippen LogP contribution in [0.2, 0.25) is 5.02 Å². The predicted molar refractivity (Wildman–Crippen MR) is 150 cm³/mol. The van der Waals surface area contributed by atoms with E-state index in [1.807, 2.05) is 26.8 Å². The monoisotopic (exact) mass is 569 g/mol. The molecule has 4 rings (SSSR count). The third-order valence-corrected chi connectivity index (χ3v) is 8.90. The second kappa shape index (κ2) is 12.2. The van der Waals surface area contributed by atoms with Crippen molar-refractivity contribution in [2.45, 2.75) is 38.7 Å². The Kier molecular flexibility index (Phi) is 8.94. The smallest absolute Gasteiger partial charge is 0.269 e. The van der Waals surface area contributed by atoms with E-state index in [2.05, 4.69) is 10.9 Å². The molecule has 1 heterocycles. The number of hydrazine groups is 1. The quantitative estimate of drug-likeness (QED) is 0.391. The second-order valence-electron chi connectivity index (χ2n) is 10.1. The van der Waals surface area contributed by atoms with Crippen LogP contribution in [0, 0.1) is 18.8 Å². The molecule has 3 aromatic carbocycles. The average molecular weight is 570 g/mol. The van der Waals surface area contributed by atoms with Gasteiger partial charge >= 0.3 is 0 Å². The van der Waals surface area contributed by atoms with Gasteiger partial charge < -0.3 is 4.74 Å². The first-order valence-electron chi connectivity index (χ1n) is 12.7. The molecule has 0 saturated carbocycles. The maximum absolute atomic E-state index is 13.0. The minimum atomic E-state index is -3.64. The van der Waals surface area contributed by atoms with Gasteiger partial charge in [-0.25, -0.2) is 8.42 Å². The van der Waals surface area contributed by atoms with Crippen molar-refractivity contribution in [1.82, 2.24) is 15.2 Å². The number of nitrogens with one attached hydrogen (secondary N) is 2. The summed E-state index contributed by atoms with van der Waals surface area (Å²) in [6.45, 7) is 7.28. The van der Waals surface area contributed by atoms with Gasteiger partial charge in [0, 0.05) is 29.2 Å². The molecule has 1 aliphatic heterocycles. The maximum Gasteiger partial charge on any atom is 0.269 e. The fraction of sp³-hybridized carbons (Fsp3) is 0.310. The fourth-order valence-corrected chi connectivity index (χ4v) is 6.41. The van der Waals surface area contributed by atoms with Gasteiger partial charge in [-0.05, 0) is 90.9 Å². The molecule has 2 N–H and O–H groups in total. The molecule has 0 bridgehead atoms. The largest absolute Gasteiger partial charge is 0.489 e. The van der Waals surface area contributed by atoms with Crippen molar-refractivity contribution in [1.29, 1.82) is 0 Å². The van der Waals surface area contributed by atoms with Crippen LogP contribution in [-0.2, 0) is 16.6 Å². The Bertz CT molecular complexity index is 1430. The fourth-order valence-electron chi connectivity index (χ4n) is 4.61. The van der Waals surface area contributed by atoms with E-state index >= 15 is 0 Å². The van der Waals surface area contributed by atoms with Crippen LogP contribution in [-0.4, -0.2) is 37.6 Å². The second-order valence-corrected chi connectivity index (χ2v) is 12.4. The van der Waals surface area contributed by atoms with Gasteiger partial charge in [-0.1, -0.05) is 37.6 Å². The van der Waals surface area contributed by atoms with Crippen molar-refractivity contribution in [3.05, 3.63) is 94.0 Å². The number of sulfonamides is 1. The van der Waals surface area contributed by atoms with E-state index < -0.39 is 21.8 Å². The van der Waals surface area contributed by atoms with Crippen LogP contribution in [0.25, 0.3) is 0 Å². The molecular weight excluding hydrogens is 538 g/mol. The van der Waals surface area contributed by atoms with Crippen LogP contribution < -0.4 is 15.6 Å². The van der Waals surface area contributed by atoms with Gasteiger partial charge in [-0.2, -0.15) is 4.31 Å². The van der Waals surface area contributed by atoms with Gasteiger partial charge in [0.25, 0.3) is 11.8 Å². The summed E-state index contributed by atoms with van der Waals surface area (Å²) in [5, 5.41) is 0.673. The number of ether oxygens (including phenoxy) is 1. The zero-order valence-corrected chi connectivity index (χ0v) is 23.7. The summed E-state index contributed by atoms with van der Waals surface area (Å²) in [7, 11) is -3.64. The summed E-state index contributed by atoms with van der Waals surface area (Å²) >= 11 is 6.04. The number of hydrogen-bond acceptors (Lipinski definition) is 5. The Labute approximate surface area is 234 Å². The molecule has 2 atom stereocenters. The van der Waals surface area contributed by atoms with Crippen LogP contribution in [0.4, 0.5) is 0 Å². The van der Waals surface area contributed by atoms with Crippen molar-refractivity contribution in [3.8, 4) is 5.75 Å². The molecule has 3 aromatic rings. The van der Waals surface area contributed by atoms with Crippen LogP contribution in [0.1, 0.15) is 52.1 Å². The minimum Gasteiger partial charge on any atom is -0.489 e. The molecule has 39 heavy (non-hydrogen) atoms. The van der Waals surface area contributed by atoms with E-state index in [-0.39, 0.29) is 10.5 Å². The van der Waals surface area contributed by atoms with Gasteiger partial charge in [0.1, 0.15) is 12.4 Å². The third kappa shape index (κ3) is 7.17. The number of piperidine rings is 1.